The third-order valence-electron chi connectivity index (χ3n) is 2.77. The molecule has 2 aromatic rings. The van der Waals surface area contributed by atoms with Gasteiger partial charge in [-0.2, -0.15) is 0 Å². The highest BCUT2D eigenvalue weighted by Gasteiger charge is 2.13. The van der Waals surface area contributed by atoms with Gasteiger partial charge in [-0.3, -0.25) is 4.79 Å². The van der Waals surface area contributed by atoms with Crippen molar-refractivity contribution in [1.82, 2.24) is 0 Å². The Hall–Kier alpha value is -1.04. The maximum atomic E-state index is 12.5. The minimum Gasteiger partial charge on any atom is -0.385 e. The molecule has 0 saturated carbocycles. The van der Waals surface area contributed by atoms with Gasteiger partial charge in [0.1, 0.15) is 0 Å². The zero-order valence-corrected chi connectivity index (χ0v) is 15.1. The molecule has 0 aliphatic rings. The average molecular weight is 433 g/mol. The molecule has 0 fully saturated rings. The molecular weight excluding hydrogens is 419 g/mol. The topological polar surface area (TPSA) is 41.1 Å². The first kappa shape index (κ1) is 16.3. The third-order valence-corrected chi connectivity index (χ3v) is 4.19. The van der Waals surface area contributed by atoms with Crippen molar-refractivity contribution in [3.8, 4) is 0 Å². The molecule has 6 heteroatoms. The first-order chi connectivity index (χ1) is 10.0. The maximum Gasteiger partial charge on any atom is 0.257 e. The molecule has 0 bridgehead atoms. The molecule has 0 atom stereocenters. The molecule has 0 saturated heterocycles. The standard InChI is InChI=1S/C15H13Br2ClN2O/c1-2-19-13-6-4-10(18)8-11(13)15(21)20-14-7-9(16)3-5-12(14)17/h3-8,19H,2H2,1H3,(H,20,21). The van der Waals surface area contributed by atoms with Crippen molar-refractivity contribution >= 4 is 60.7 Å². The zero-order valence-electron chi connectivity index (χ0n) is 11.2. The van der Waals surface area contributed by atoms with Crippen molar-refractivity contribution in [2.75, 3.05) is 17.2 Å². The van der Waals surface area contributed by atoms with Crippen LogP contribution < -0.4 is 10.6 Å². The number of anilines is 2. The van der Waals surface area contributed by atoms with E-state index in [2.05, 4.69) is 42.5 Å². The van der Waals surface area contributed by atoms with Crippen LogP contribution in [0.15, 0.2) is 45.3 Å². The van der Waals surface area contributed by atoms with Crippen LogP contribution in [0.4, 0.5) is 11.4 Å². The summed E-state index contributed by atoms with van der Waals surface area (Å²) in [5, 5.41) is 6.56. The van der Waals surface area contributed by atoms with Crippen molar-refractivity contribution in [2.45, 2.75) is 6.92 Å². The minimum atomic E-state index is -0.216. The van der Waals surface area contributed by atoms with Gasteiger partial charge in [-0.1, -0.05) is 27.5 Å². The minimum absolute atomic E-state index is 0.216. The Balaban J connectivity index is 2.31. The van der Waals surface area contributed by atoms with Gasteiger partial charge in [-0.15, -0.1) is 0 Å². The molecule has 0 unspecified atom stereocenters. The van der Waals surface area contributed by atoms with Crippen LogP contribution in [-0.2, 0) is 0 Å². The van der Waals surface area contributed by atoms with Gasteiger partial charge in [-0.25, -0.2) is 0 Å². The van der Waals surface area contributed by atoms with Gasteiger partial charge >= 0.3 is 0 Å². The molecule has 0 heterocycles. The summed E-state index contributed by atoms with van der Waals surface area (Å²) in [6, 6.07) is 10.8. The van der Waals surface area contributed by atoms with E-state index in [1.807, 2.05) is 25.1 Å². The summed E-state index contributed by atoms with van der Waals surface area (Å²) in [6.07, 6.45) is 0. The van der Waals surface area contributed by atoms with E-state index in [1.54, 1.807) is 18.2 Å². The first-order valence-corrected chi connectivity index (χ1v) is 8.27. The number of rotatable bonds is 4. The van der Waals surface area contributed by atoms with E-state index in [4.69, 9.17) is 11.6 Å². The summed E-state index contributed by atoms with van der Waals surface area (Å²) in [5.41, 5.74) is 1.96. The Morgan fingerprint density at radius 1 is 1.14 bits per heavy atom. The normalized spacial score (nSPS) is 10.3. The second-order valence-corrected chi connectivity index (χ2v) is 6.50. The van der Waals surface area contributed by atoms with Crippen molar-refractivity contribution < 1.29 is 4.79 Å². The number of nitrogens with one attached hydrogen (secondary N) is 2. The number of amides is 1. The number of carbonyl (C=O) groups excluding carboxylic acids is 1. The van der Waals surface area contributed by atoms with Gasteiger partial charge in [-0.05, 0) is 59.3 Å². The lowest BCUT2D eigenvalue weighted by Gasteiger charge is -2.12. The number of hydrogen-bond donors (Lipinski definition) is 2. The van der Waals surface area contributed by atoms with E-state index >= 15 is 0 Å². The smallest absolute Gasteiger partial charge is 0.257 e. The van der Waals surface area contributed by atoms with Crippen LogP contribution in [0.1, 0.15) is 17.3 Å². The second kappa shape index (κ2) is 7.29. The molecule has 0 aromatic heterocycles. The van der Waals surface area contributed by atoms with Crippen LogP contribution in [0.2, 0.25) is 5.02 Å². The highest BCUT2D eigenvalue weighted by Crippen LogP contribution is 2.28. The highest BCUT2D eigenvalue weighted by atomic mass is 79.9. The van der Waals surface area contributed by atoms with E-state index in [9.17, 15) is 4.79 Å². The lowest BCUT2D eigenvalue weighted by Crippen LogP contribution is -2.15. The number of halogens is 3. The quantitative estimate of drug-likeness (QED) is 0.665. The van der Waals surface area contributed by atoms with E-state index < -0.39 is 0 Å². The monoisotopic (exact) mass is 430 g/mol. The van der Waals surface area contributed by atoms with Gasteiger partial charge in [0.05, 0.1) is 11.3 Å². The Labute approximate surface area is 145 Å². The lowest BCUT2D eigenvalue weighted by molar-refractivity contribution is 0.102. The molecule has 2 aromatic carbocycles. The van der Waals surface area contributed by atoms with Crippen LogP contribution >= 0.6 is 43.5 Å². The Bertz CT molecular complexity index is 677. The molecule has 0 aliphatic heterocycles. The average Bonchev–Trinajstić information content (AvgIpc) is 2.45. The van der Waals surface area contributed by atoms with Crippen molar-refractivity contribution in [1.29, 1.82) is 0 Å². The Morgan fingerprint density at radius 3 is 2.62 bits per heavy atom. The molecule has 1 amide bonds. The largest absolute Gasteiger partial charge is 0.385 e. The fourth-order valence-corrected chi connectivity index (χ4v) is 2.71. The Morgan fingerprint density at radius 2 is 1.90 bits per heavy atom. The summed E-state index contributed by atoms with van der Waals surface area (Å²) in [7, 11) is 0. The van der Waals surface area contributed by atoms with Gasteiger partial charge < -0.3 is 10.6 Å². The number of hydrogen-bond acceptors (Lipinski definition) is 2. The van der Waals surface area contributed by atoms with Crippen LogP contribution in [-0.4, -0.2) is 12.5 Å². The molecule has 0 aliphatic carbocycles. The molecule has 2 rings (SSSR count). The summed E-state index contributed by atoms with van der Waals surface area (Å²) in [4.78, 5) is 12.5. The van der Waals surface area contributed by atoms with Crippen molar-refractivity contribution in [3.05, 3.63) is 55.9 Å². The summed E-state index contributed by atoms with van der Waals surface area (Å²) in [6.45, 7) is 2.70. The van der Waals surface area contributed by atoms with Crippen LogP contribution in [0.25, 0.3) is 0 Å². The van der Waals surface area contributed by atoms with Crippen molar-refractivity contribution in [3.63, 3.8) is 0 Å². The predicted octanol–water partition coefficient (Wildman–Crippen LogP) is 5.55. The van der Waals surface area contributed by atoms with Crippen LogP contribution in [0.5, 0.6) is 0 Å². The number of benzene rings is 2. The molecular formula is C15H13Br2ClN2O. The predicted molar refractivity (Wildman–Crippen MR) is 95.4 cm³/mol. The van der Waals surface area contributed by atoms with E-state index in [1.165, 1.54) is 0 Å². The molecule has 0 spiro atoms. The van der Waals surface area contributed by atoms with Crippen molar-refractivity contribution in [2.24, 2.45) is 0 Å². The highest BCUT2D eigenvalue weighted by molar-refractivity contribution is 9.11. The zero-order chi connectivity index (χ0) is 15.4. The molecule has 21 heavy (non-hydrogen) atoms. The third kappa shape index (κ3) is 4.22. The fourth-order valence-electron chi connectivity index (χ4n) is 1.83. The lowest BCUT2D eigenvalue weighted by atomic mass is 10.1. The van der Waals surface area contributed by atoms with E-state index in [-0.39, 0.29) is 5.91 Å². The Kier molecular flexibility index (Phi) is 5.67. The summed E-state index contributed by atoms with van der Waals surface area (Å²) < 4.78 is 1.70. The summed E-state index contributed by atoms with van der Waals surface area (Å²) in [5.74, 6) is -0.216. The SMILES string of the molecule is CCNc1ccc(Cl)cc1C(=O)Nc1cc(Br)ccc1Br. The van der Waals surface area contributed by atoms with Crippen LogP contribution in [0, 0.1) is 0 Å². The molecule has 0 radical (unpaired) electrons. The summed E-state index contributed by atoms with van der Waals surface area (Å²) >= 11 is 12.8. The van der Waals surface area contributed by atoms with Gasteiger partial charge in [0.25, 0.3) is 5.91 Å². The van der Waals surface area contributed by atoms with E-state index in [0.29, 0.717) is 16.3 Å². The molecule has 2 N–H and O–H groups in total. The second-order valence-electron chi connectivity index (χ2n) is 4.30. The molecule has 3 nitrogen and oxygen atoms in total. The fraction of sp³-hybridized carbons (Fsp3) is 0.133. The first-order valence-electron chi connectivity index (χ1n) is 6.31. The van der Waals surface area contributed by atoms with Gasteiger partial charge in [0.15, 0.2) is 0 Å². The van der Waals surface area contributed by atoms with E-state index in [0.717, 1.165) is 21.2 Å². The van der Waals surface area contributed by atoms with Gasteiger partial charge in [0, 0.05) is 26.2 Å². The van der Waals surface area contributed by atoms with Crippen LogP contribution in [0.3, 0.4) is 0 Å². The molecule has 110 valence electrons. The number of carbonyl (C=O) groups is 1. The van der Waals surface area contributed by atoms with Gasteiger partial charge in [0.2, 0.25) is 0 Å². The maximum absolute atomic E-state index is 12.5.